The van der Waals surface area contributed by atoms with Crippen molar-refractivity contribution < 1.29 is 22.5 Å². The van der Waals surface area contributed by atoms with Gasteiger partial charge in [0.15, 0.2) is 0 Å². The maximum Gasteiger partial charge on any atom is 0.305 e. The maximum atomic E-state index is 10.0. The van der Waals surface area contributed by atoms with Crippen LogP contribution in [0.15, 0.2) is 0 Å². The second kappa shape index (κ2) is 4.30. The Balaban J connectivity index is 0.000000187. The summed E-state index contributed by atoms with van der Waals surface area (Å²) in [5.74, 6) is -0.0463. The van der Waals surface area contributed by atoms with Gasteiger partial charge < -0.3 is 4.74 Å². The molecule has 1 rings (SSSR count). The third kappa shape index (κ3) is 12.6. The van der Waals surface area contributed by atoms with Gasteiger partial charge in [-0.05, 0) is 6.42 Å². The van der Waals surface area contributed by atoms with Gasteiger partial charge in [-0.3, -0.25) is 9.35 Å². The minimum absolute atomic E-state index is 0.0463. The first kappa shape index (κ1) is 10.4. The summed E-state index contributed by atoms with van der Waals surface area (Å²) >= 11 is 0. The van der Waals surface area contributed by atoms with E-state index < -0.39 is 10.1 Å². The normalized spacial score (nSPS) is 16.7. The molecule has 0 saturated carbocycles. The maximum absolute atomic E-state index is 10.0. The van der Waals surface area contributed by atoms with Crippen molar-refractivity contribution in [2.45, 2.75) is 12.8 Å². The van der Waals surface area contributed by atoms with E-state index in [9.17, 15) is 13.2 Å². The topological polar surface area (TPSA) is 80.7 Å². The van der Waals surface area contributed by atoms with Crippen molar-refractivity contribution in [3.63, 3.8) is 0 Å². The van der Waals surface area contributed by atoms with Gasteiger partial charge in [-0.2, -0.15) is 8.42 Å². The largest absolute Gasteiger partial charge is 0.466 e. The molecule has 0 radical (unpaired) electrons. The molecule has 0 unspecified atom stereocenters. The van der Waals surface area contributed by atoms with E-state index in [2.05, 4.69) is 4.74 Å². The monoisotopic (exact) mass is 182 g/mol. The number of hydrogen-bond donors (Lipinski definition) is 1. The molecular weight excluding hydrogens is 172 g/mol. The van der Waals surface area contributed by atoms with Gasteiger partial charge in [0.25, 0.3) is 10.1 Å². The van der Waals surface area contributed by atoms with Gasteiger partial charge >= 0.3 is 5.97 Å². The Bertz CT molecular complexity index is 201. The van der Waals surface area contributed by atoms with Crippen molar-refractivity contribution in [3.05, 3.63) is 0 Å². The molecule has 1 aliphatic heterocycles. The zero-order valence-corrected chi connectivity index (χ0v) is 6.93. The first-order valence-electron chi connectivity index (χ1n) is 2.97. The molecular formula is C5H10O5S. The molecule has 11 heavy (non-hydrogen) atoms. The van der Waals surface area contributed by atoms with E-state index in [1.54, 1.807) is 0 Å². The summed E-state index contributed by atoms with van der Waals surface area (Å²) in [5.41, 5.74) is 0. The molecule has 0 aromatic carbocycles. The third-order valence-electron chi connectivity index (χ3n) is 0.788. The molecule has 0 atom stereocenters. The molecule has 6 heteroatoms. The van der Waals surface area contributed by atoms with Crippen LogP contribution in [0.1, 0.15) is 12.8 Å². The lowest BCUT2D eigenvalue weighted by molar-refractivity contribution is -0.137. The summed E-state index contributed by atoms with van der Waals surface area (Å²) in [6, 6.07) is 0. The van der Waals surface area contributed by atoms with Crippen molar-refractivity contribution in [3.8, 4) is 0 Å². The van der Waals surface area contributed by atoms with Gasteiger partial charge in [0.1, 0.15) is 0 Å². The van der Waals surface area contributed by atoms with E-state index in [-0.39, 0.29) is 5.97 Å². The summed E-state index contributed by atoms with van der Waals surface area (Å²) < 4.78 is 30.4. The number of carbonyl (C=O) groups is 1. The van der Waals surface area contributed by atoms with Crippen LogP contribution in [0.4, 0.5) is 0 Å². The molecule has 1 heterocycles. The van der Waals surface area contributed by atoms with Crippen LogP contribution >= 0.6 is 0 Å². The van der Waals surface area contributed by atoms with Gasteiger partial charge in [0.05, 0.1) is 12.9 Å². The van der Waals surface area contributed by atoms with E-state index in [1.165, 1.54) is 0 Å². The first-order chi connectivity index (χ1) is 4.89. The lowest BCUT2D eigenvalue weighted by Gasteiger charge is -1.81. The van der Waals surface area contributed by atoms with E-state index >= 15 is 0 Å². The molecule has 0 aliphatic carbocycles. The second-order valence-corrected chi connectivity index (χ2v) is 3.52. The number of hydrogen-bond acceptors (Lipinski definition) is 4. The van der Waals surface area contributed by atoms with Crippen molar-refractivity contribution in [1.29, 1.82) is 0 Å². The molecule has 66 valence electrons. The lowest BCUT2D eigenvalue weighted by Crippen LogP contribution is -1.88. The zero-order chi connectivity index (χ0) is 8.91. The number of cyclic esters (lactones) is 1. The fourth-order valence-corrected chi connectivity index (χ4v) is 0.475. The molecule has 0 aromatic heterocycles. The summed E-state index contributed by atoms with van der Waals surface area (Å²) in [5, 5.41) is 0. The SMILES string of the molecule is CS(=O)(=O)O.O=C1CCCO1. The van der Waals surface area contributed by atoms with Crippen molar-refractivity contribution >= 4 is 16.1 Å². The van der Waals surface area contributed by atoms with Crippen LogP contribution in [0, 0.1) is 0 Å². The molecule has 0 aromatic rings. The highest BCUT2D eigenvalue weighted by Crippen LogP contribution is 2.01. The van der Waals surface area contributed by atoms with E-state index in [4.69, 9.17) is 4.55 Å². The fourth-order valence-electron chi connectivity index (χ4n) is 0.475. The Hall–Kier alpha value is -0.620. The lowest BCUT2D eigenvalue weighted by atomic mass is 10.4. The van der Waals surface area contributed by atoms with E-state index in [1.807, 2.05) is 0 Å². The van der Waals surface area contributed by atoms with Crippen LogP contribution in [-0.4, -0.2) is 31.8 Å². The second-order valence-electron chi connectivity index (χ2n) is 2.06. The molecule has 1 aliphatic rings. The van der Waals surface area contributed by atoms with E-state index in [0.717, 1.165) is 6.42 Å². The van der Waals surface area contributed by atoms with Gasteiger partial charge in [-0.25, -0.2) is 0 Å². The minimum Gasteiger partial charge on any atom is -0.466 e. The van der Waals surface area contributed by atoms with Crippen molar-refractivity contribution in [2.75, 3.05) is 12.9 Å². The quantitative estimate of drug-likeness (QED) is 0.415. The number of rotatable bonds is 0. The van der Waals surface area contributed by atoms with Gasteiger partial charge in [-0.1, -0.05) is 0 Å². The van der Waals surface area contributed by atoms with Crippen LogP contribution in [0.2, 0.25) is 0 Å². The Labute approximate surface area is 65.1 Å². The molecule has 1 N–H and O–H groups in total. The molecule has 0 spiro atoms. The average molecular weight is 182 g/mol. The van der Waals surface area contributed by atoms with Crippen molar-refractivity contribution in [1.82, 2.24) is 0 Å². The molecule has 0 bridgehead atoms. The predicted molar refractivity (Wildman–Crippen MR) is 37.7 cm³/mol. The zero-order valence-electron chi connectivity index (χ0n) is 6.11. The van der Waals surface area contributed by atoms with Crippen LogP contribution in [0.25, 0.3) is 0 Å². The van der Waals surface area contributed by atoms with Gasteiger partial charge in [0, 0.05) is 6.42 Å². The average Bonchev–Trinajstić information content (AvgIpc) is 2.12. The summed E-state index contributed by atoms with van der Waals surface area (Å²) in [6.45, 7) is 0.638. The standard InChI is InChI=1S/C4H6O2.CH4O3S/c5-4-2-1-3-6-4;1-5(2,3)4/h1-3H2;1H3,(H,2,3,4). The van der Waals surface area contributed by atoms with Gasteiger partial charge in [-0.15, -0.1) is 0 Å². The van der Waals surface area contributed by atoms with Crippen LogP contribution < -0.4 is 0 Å². The summed E-state index contributed by atoms with van der Waals surface area (Å²) in [7, 11) is -3.67. The minimum atomic E-state index is -3.67. The Morgan fingerprint density at radius 3 is 2.09 bits per heavy atom. The highest BCUT2D eigenvalue weighted by Gasteiger charge is 2.08. The summed E-state index contributed by atoms with van der Waals surface area (Å²) in [4.78, 5) is 10.0. The number of carbonyl (C=O) groups excluding carboxylic acids is 1. The molecule has 1 fully saturated rings. The highest BCUT2D eigenvalue weighted by molar-refractivity contribution is 7.85. The van der Waals surface area contributed by atoms with Crippen LogP contribution in [-0.2, 0) is 19.6 Å². The fraction of sp³-hybridized carbons (Fsp3) is 0.800. The van der Waals surface area contributed by atoms with Crippen molar-refractivity contribution in [2.24, 2.45) is 0 Å². The first-order valence-corrected chi connectivity index (χ1v) is 4.82. The number of ether oxygens (including phenoxy) is 1. The highest BCUT2D eigenvalue weighted by atomic mass is 32.2. The Morgan fingerprint density at radius 2 is 2.00 bits per heavy atom. The molecule has 5 nitrogen and oxygen atoms in total. The van der Waals surface area contributed by atoms with E-state index in [0.29, 0.717) is 19.3 Å². The molecule has 1 saturated heterocycles. The molecule has 0 amide bonds. The smallest absolute Gasteiger partial charge is 0.305 e. The van der Waals surface area contributed by atoms with Gasteiger partial charge in [0.2, 0.25) is 0 Å². The Kier molecular flexibility index (Phi) is 4.06. The third-order valence-corrected chi connectivity index (χ3v) is 0.788. The van der Waals surface area contributed by atoms with Crippen LogP contribution in [0.3, 0.4) is 0 Å². The predicted octanol–water partition coefficient (Wildman–Crippen LogP) is -0.173. The Morgan fingerprint density at radius 1 is 1.55 bits per heavy atom. The van der Waals surface area contributed by atoms with Crippen LogP contribution in [0.5, 0.6) is 0 Å². The summed E-state index contributed by atoms with van der Waals surface area (Å²) in [6.07, 6.45) is 2.26. The number of esters is 1.